The van der Waals surface area contributed by atoms with Crippen LogP contribution in [0.5, 0.6) is 11.5 Å². The van der Waals surface area contributed by atoms with Gasteiger partial charge in [-0.25, -0.2) is 9.79 Å². The molecule has 3 aromatic carbocycles. The van der Waals surface area contributed by atoms with Crippen LogP contribution in [0.25, 0.3) is 6.08 Å². The molecule has 0 saturated heterocycles. The predicted molar refractivity (Wildman–Crippen MR) is 131 cm³/mol. The topological polar surface area (TPSA) is 57.1 Å². The molecule has 0 bridgehead atoms. The number of cyclic esters (lactones) is 1. The van der Waals surface area contributed by atoms with Gasteiger partial charge >= 0.3 is 5.97 Å². The highest BCUT2D eigenvalue weighted by atomic mass is 127. The van der Waals surface area contributed by atoms with Gasteiger partial charge in [0.1, 0.15) is 6.61 Å². The lowest BCUT2D eigenvalue weighted by molar-refractivity contribution is -0.129. The summed E-state index contributed by atoms with van der Waals surface area (Å²) >= 11 is 5.64. The van der Waals surface area contributed by atoms with E-state index in [2.05, 4.69) is 43.5 Å². The number of carbonyl (C=O) groups excluding carboxylic acids is 1. The number of aliphatic imine (C=N–C) groups is 1. The highest BCUT2D eigenvalue weighted by Crippen LogP contribution is 2.30. The van der Waals surface area contributed by atoms with Crippen LogP contribution < -0.4 is 9.47 Å². The Morgan fingerprint density at radius 1 is 1.03 bits per heavy atom. The van der Waals surface area contributed by atoms with Crippen LogP contribution in [0.2, 0.25) is 0 Å². The lowest BCUT2D eigenvalue weighted by Gasteiger charge is -2.11. The third-order valence-electron chi connectivity index (χ3n) is 4.51. The molecule has 0 saturated carbocycles. The normalized spacial score (nSPS) is 14.4. The van der Waals surface area contributed by atoms with E-state index in [1.54, 1.807) is 19.3 Å². The lowest BCUT2D eigenvalue weighted by Crippen LogP contribution is -2.05. The summed E-state index contributed by atoms with van der Waals surface area (Å²) in [5.41, 5.74) is 2.79. The quantitative estimate of drug-likeness (QED) is 0.201. The fraction of sp³-hybridized carbons (Fsp3) is 0.0833. The molecule has 5 nitrogen and oxygen atoms in total. The summed E-state index contributed by atoms with van der Waals surface area (Å²) in [5.74, 6) is 1.00. The number of halogens is 2. The van der Waals surface area contributed by atoms with Crippen LogP contribution in [-0.2, 0) is 16.1 Å². The second-order valence-electron chi connectivity index (χ2n) is 6.67. The molecule has 31 heavy (non-hydrogen) atoms. The van der Waals surface area contributed by atoms with Gasteiger partial charge in [0.2, 0.25) is 5.90 Å². The SMILES string of the molecule is COc1cc(/C=C2\N=C(c3ccc(I)cc3)OC2=O)ccc1OCc1ccc(Br)cc1. The minimum Gasteiger partial charge on any atom is -0.493 e. The first-order chi connectivity index (χ1) is 15.0. The fourth-order valence-electron chi connectivity index (χ4n) is 2.92. The van der Waals surface area contributed by atoms with Crippen molar-refractivity contribution in [2.45, 2.75) is 6.61 Å². The molecule has 0 N–H and O–H groups in total. The average molecular weight is 590 g/mol. The van der Waals surface area contributed by atoms with Gasteiger partial charge in [0.05, 0.1) is 7.11 Å². The van der Waals surface area contributed by atoms with Crippen molar-refractivity contribution >= 4 is 56.5 Å². The van der Waals surface area contributed by atoms with Gasteiger partial charge in [-0.05, 0) is 88.3 Å². The maximum atomic E-state index is 12.3. The Labute approximate surface area is 202 Å². The van der Waals surface area contributed by atoms with E-state index in [9.17, 15) is 4.79 Å². The third-order valence-corrected chi connectivity index (χ3v) is 5.76. The number of nitrogens with zero attached hydrogens (tertiary/aromatic N) is 1. The van der Waals surface area contributed by atoms with Gasteiger partial charge in [-0.1, -0.05) is 34.1 Å². The Balaban J connectivity index is 1.52. The fourth-order valence-corrected chi connectivity index (χ4v) is 3.54. The van der Waals surface area contributed by atoms with Crippen molar-refractivity contribution in [3.8, 4) is 11.5 Å². The molecule has 0 atom stereocenters. The summed E-state index contributed by atoms with van der Waals surface area (Å²) in [4.78, 5) is 16.6. The Morgan fingerprint density at radius 2 is 1.77 bits per heavy atom. The van der Waals surface area contributed by atoms with E-state index in [0.717, 1.165) is 24.7 Å². The van der Waals surface area contributed by atoms with E-state index in [1.807, 2.05) is 60.7 Å². The molecule has 0 aromatic heterocycles. The van der Waals surface area contributed by atoms with Crippen molar-refractivity contribution in [2.75, 3.05) is 7.11 Å². The zero-order valence-electron chi connectivity index (χ0n) is 16.5. The molecular formula is C24H17BrINO4. The van der Waals surface area contributed by atoms with E-state index < -0.39 is 5.97 Å². The van der Waals surface area contributed by atoms with Gasteiger partial charge in [0.25, 0.3) is 0 Å². The maximum absolute atomic E-state index is 12.3. The van der Waals surface area contributed by atoms with Gasteiger partial charge in [-0.3, -0.25) is 0 Å². The van der Waals surface area contributed by atoms with Crippen LogP contribution >= 0.6 is 38.5 Å². The Morgan fingerprint density at radius 3 is 2.48 bits per heavy atom. The van der Waals surface area contributed by atoms with Crippen LogP contribution in [0.1, 0.15) is 16.7 Å². The minimum absolute atomic E-state index is 0.235. The number of carbonyl (C=O) groups is 1. The van der Waals surface area contributed by atoms with Crippen molar-refractivity contribution in [3.63, 3.8) is 0 Å². The number of methoxy groups -OCH3 is 1. The molecule has 1 heterocycles. The number of rotatable bonds is 6. The summed E-state index contributed by atoms with van der Waals surface area (Å²) in [6.45, 7) is 0.417. The second-order valence-corrected chi connectivity index (χ2v) is 8.83. The summed E-state index contributed by atoms with van der Waals surface area (Å²) in [5, 5.41) is 0. The van der Waals surface area contributed by atoms with Crippen LogP contribution in [0.4, 0.5) is 0 Å². The Bertz CT molecular complexity index is 1170. The van der Waals surface area contributed by atoms with Crippen LogP contribution in [0.15, 0.2) is 81.9 Å². The molecule has 0 aliphatic carbocycles. The highest BCUT2D eigenvalue weighted by molar-refractivity contribution is 14.1. The van der Waals surface area contributed by atoms with Crippen molar-refractivity contribution in [3.05, 3.63) is 97.2 Å². The molecule has 1 aliphatic heterocycles. The molecule has 4 rings (SSSR count). The van der Waals surface area contributed by atoms with Crippen molar-refractivity contribution in [1.82, 2.24) is 0 Å². The van der Waals surface area contributed by atoms with E-state index in [-0.39, 0.29) is 5.70 Å². The number of hydrogen-bond acceptors (Lipinski definition) is 5. The molecule has 0 fully saturated rings. The Hall–Kier alpha value is -2.65. The molecular weight excluding hydrogens is 573 g/mol. The second kappa shape index (κ2) is 9.65. The maximum Gasteiger partial charge on any atom is 0.363 e. The molecule has 0 spiro atoms. The van der Waals surface area contributed by atoms with Crippen molar-refractivity contribution in [1.29, 1.82) is 0 Å². The highest BCUT2D eigenvalue weighted by Gasteiger charge is 2.24. The molecule has 0 radical (unpaired) electrons. The summed E-state index contributed by atoms with van der Waals surface area (Å²) in [6.07, 6.45) is 1.67. The lowest BCUT2D eigenvalue weighted by atomic mass is 10.1. The zero-order valence-corrected chi connectivity index (χ0v) is 20.2. The summed E-state index contributed by atoms with van der Waals surface area (Å²) in [7, 11) is 1.58. The molecule has 0 unspecified atom stereocenters. The summed E-state index contributed by atoms with van der Waals surface area (Å²) < 4.78 is 18.8. The van der Waals surface area contributed by atoms with Crippen LogP contribution in [0.3, 0.4) is 0 Å². The number of esters is 1. The third kappa shape index (κ3) is 5.34. The van der Waals surface area contributed by atoms with E-state index >= 15 is 0 Å². The number of benzene rings is 3. The Kier molecular flexibility index (Phi) is 6.72. The zero-order chi connectivity index (χ0) is 21.8. The monoisotopic (exact) mass is 589 g/mol. The first kappa shape index (κ1) is 21.6. The first-order valence-corrected chi connectivity index (χ1v) is 11.2. The van der Waals surface area contributed by atoms with Crippen LogP contribution in [0, 0.1) is 3.57 Å². The van der Waals surface area contributed by atoms with Gasteiger partial charge in [0, 0.05) is 13.6 Å². The predicted octanol–water partition coefficient (Wildman–Crippen LogP) is 5.99. The molecule has 7 heteroatoms. The van der Waals surface area contributed by atoms with Crippen molar-refractivity contribution in [2.24, 2.45) is 4.99 Å². The van der Waals surface area contributed by atoms with Gasteiger partial charge in [0.15, 0.2) is 17.2 Å². The van der Waals surface area contributed by atoms with E-state index in [4.69, 9.17) is 14.2 Å². The smallest absolute Gasteiger partial charge is 0.363 e. The van der Waals surface area contributed by atoms with Gasteiger partial charge in [-0.15, -0.1) is 0 Å². The van der Waals surface area contributed by atoms with Crippen LogP contribution in [-0.4, -0.2) is 19.0 Å². The summed E-state index contributed by atoms with van der Waals surface area (Å²) in [6, 6.07) is 21.0. The average Bonchev–Trinajstić information content (AvgIpc) is 3.14. The van der Waals surface area contributed by atoms with E-state index in [0.29, 0.717) is 24.0 Å². The number of ether oxygens (including phenoxy) is 3. The molecule has 0 amide bonds. The van der Waals surface area contributed by atoms with Gasteiger partial charge < -0.3 is 14.2 Å². The minimum atomic E-state index is -0.483. The molecule has 3 aromatic rings. The van der Waals surface area contributed by atoms with Crippen molar-refractivity contribution < 1.29 is 19.0 Å². The first-order valence-electron chi connectivity index (χ1n) is 9.35. The molecule has 156 valence electrons. The molecule has 1 aliphatic rings. The largest absolute Gasteiger partial charge is 0.493 e. The number of hydrogen-bond donors (Lipinski definition) is 0. The standard InChI is InChI=1S/C24H17BrINO4/c1-29-22-13-16(4-11-21(22)30-14-15-2-7-18(25)8-3-15)12-20-24(28)31-23(27-20)17-5-9-19(26)10-6-17/h2-13H,14H2,1H3/b20-12-. The van der Waals surface area contributed by atoms with Gasteiger partial charge in [-0.2, -0.15) is 0 Å². The van der Waals surface area contributed by atoms with E-state index in [1.165, 1.54) is 0 Å².